The molecule has 3 N–H and O–H groups in total. The minimum absolute atomic E-state index is 0.189. The maximum Gasteiger partial charge on any atom is 0.235 e. The Kier molecular flexibility index (Phi) is 4.92. The Morgan fingerprint density at radius 1 is 1.35 bits per heavy atom. The summed E-state index contributed by atoms with van der Waals surface area (Å²) in [5.74, 6) is -0.532. The minimum atomic E-state index is -0.343. The molecule has 1 atom stereocenters. The number of para-hydroxylation sites is 1. The Hall–Kier alpha value is -1.66. The number of halogens is 1. The van der Waals surface area contributed by atoms with E-state index in [0.29, 0.717) is 12.2 Å². The maximum atomic E-state index is 13.7. The Balaban J connectivity index is 1.89. The lowest BCUT2D eigenvalue weighted by molar-refractivity contribution is -0.120. The average molecular weight is 280 g/mol. The number of anilines is 1. The Morgan fingerprint density at radius 3 is 2.55 bits per heavy atom. The number of amides is 1. The second-order valence-electron chi connectivity index (χ2n) is 4.98. The number of rotatable bonds is 5. The number of carbonyl (C=O) groups is 1. The second kappa shape index (κ2) is 6.67. The van der Waals surface area contributed by atoms with Gasteiger partial charge in [0.25, 0.3) is 0 Å². The molecule has 6 heteroatoms. The molecule has 1 aliphatic rings. The zero-order valence-electron chi connectivity index (χ0n) is 11.7. The Morgan fingerprint density at radius 2 is 2.00 bits per heavy atom. The second-order valence-corrected chi connectivity index (χ2v) is 4.98. The van der Waals surface area contributed by atoms with Gasteiger partial charge in [-0.3, -0.25) is 9.69 Å². The SMILES string of the molecule is CNC(CN1CCN(c2ccccc2F)CC1)C(N)=O. The first-order valence-corrected chi connectivity index (χ1v) is 6.80. The van der Waals surface area contributed by atoms with E-state index in [1.54, 1.807) is 19.2 Å². The van der Waals surface area contributed by atoms with Crippen LogP contribution in [0.3, 0.4) is 0 Å². The molecule has 1 aromatic carbocycles. The van der Waals surface area contributed by atoms with Crippen molar-refractivity contribution in [3.05, 3.63) is 30.1 Å². The summed E-state index contributed by atoms with van der Waals surface area (Å²) in [6, 6.07) is 6.47. The van der Waals surface area contributed by atoms with Gasteiger partial charge in [-0.1, -0.05) is 12.1 Å². The number of likely N-dealkylation sites (N-methyl/N-ethyl adjacent to an activating group) is 1. The number of nitrogens with one attached hydrogen (secondary N) is 1. The highest BCUT2D eigenvalue weighted by Gasteiger charge is 2.23. The summed E-state index contributed by atoms with van der Waals surface area (Å²) < 4.78 is 13.7. The normalized spacial score (nSPS) is 18.0. The first-order valence-electron chi connectivity index (χ1n) is 6.80. The first-order chi connectivity index (χ1) is 9.61. The molecule has 1 unspecified atom stereocenters. The van der Waals surface area contributed by atoms with Crippen LogP contribution in [0, 0.1) is 5.82 Å². The molecule has 20 heavy (non-hydrogen) atoms. The third kappa shape index (κ3) is 3.46. The van der Waals surface area contributed by atoms with Crippen molar-refractivity contribution in [3.63, 3.8) is 0 Å². The molecule has 0 bridgehead atoms. The number of primary amides is 1. The summed E-state index contributed by atoms with van der Waals surface area (Å²) in [6.07, 6.45) is 0. The molecule has 1 aliphatic heterocycles. The molecule has 0 aromatic heterocycles. The fourth-order valence-corrected chi connectivity index (χ4v) is 2.46. The summed E-state index contributed by atoms with van der Waals surface area (Å²) in [6.45, 7) is 3.67. The average Bonchev–Trinajstić information content (AvgIpc) is 2.46. The monoisotopic (exact) mass is 280 g/mol. The number of nitrogens with two attached hydrogens (primary N) is 1. The van der Waals surface area contributed by atoms with E-state index in [1.807, 2.05) is 11.0 Å². The van der Waals surface area contributed by atoms with Crippen molar-refractivity contribution in [3.8, 4) is 0 Å². The van der Waals surface area contributed by atoms with Crippen LogP contribution in [0.1, 0.15) is 0 Å². The molecule has 2 rings (SSSR count). The van der Waals surface area contributed by atoms with Gasteiger partial charge in [0.2, 0.25) is 5.91 Å². The van der Waals surface area contributed by atoms with Crippen molar-refractivity contribution < 1.29 is 9.18 Å². The summed E-state index contributed by atoms with van der Waals surface area (Å²) in [4.78, 5) is 15.4. The van der Waals surface area contributed by atoms with Crippen molar-refractivity contribution in [1.29, 1.82) is 0 Å². The van der Waals surface area contributed by atoms with Crippen molar-refractivity contribution in [1.82, 2.24) is 10.2 Å². The number of nitrogens with zero attached hydrogens (tertiary/aromatic N) is 2. The summed E-state index contributed by atoms with van der Waals surface area (Å²) in [5, 5.41) is 2.91. The molecule has 110 valence electrons. The van der Waals surface area contributed by atoms with Gasteiger partial charge in [0, 0.05) is 32.7 Å². The number of carbonyl (C=O) groups excluding carboxylic acids is 1. The molecule has 1 amide bonds. The molecule has 1 heterocycles. The molecule has 1 saturated heterocycles. The van der Waals surface area contributed by atoms with E-state index in [9.17, 15) is 9.18 Å². The molecule has 0 aliphatic carbocycles. The van der Waals surface area contributed by atoms with Crippen molar-refractivity contribution >= 4 is 11.6 Å². The van der Waals surface area contributed by atoms with Crippen LogP contribution in [-0.4, -0.2) is 56.6 Å². The van der Waals surface area contributed by atoms with Gasteiger partial charge in [0.1, 0.15) is 5.82 Å². The molecular formula is C14H21FN4O. The lowest BCUT2D eigenvalue weighted by atomic mass is 10.2. The highest BCUT2D eigenvalue weighted by Crippen LogP contribution is 2.20. The van der Waals surface area contributed by atoms with E-state index in [0.717, 1.165) is 26.2 Å². The van der Waals surface area contributed by atoms with Gasteiger partial charge in [0.05, 0.1) is 11.7 Å². The van der Waals surface area contributed by atoms with E-state index in [4.69, 9.17) is 5.73 Å². The molecule has 5 nitrogen and oxygen atoms in total. The van der Waals surface area contributed by atoms with Gasteiger partial charge >= 0.3 is 0 Å². The number of piperazine rings is 1. The molecule has 0 spiro atoms. The van der Waals surface area contributed by atoms with Crippen LogP contribution in [-0.2, 0) is 4.79 Å². The third-order valence-electron chi connectivity index (χ3n) is 3.70. The minimum Gasteiger partial charge on any atom is -0.368 e. The summed E-state index contributed by atoms with van der Waals surface area (Å²) in [7, 11) is 1.73. The largest absolute Gasteiger partial charge is 0.368 e. The van der Waals surface area contributed by atoms with Crippen LogP contribution in [0.5, 0.6) is 0 Å². The topological polar surface area (TPSA) is 61.6 Å². The number of benzene rings is 1. The van der Waals surface area contributed by atoms with Gasteiger partial charge in [-0.25, -0.2) is 4.39 Å². The van der Waals surface area contributed by atoms with Crippen molar-refractivity contribution in [2.45, 2.75) is 6.04 Å². The van der Waals surface area contributed by atoms with Crippen LogP contribution in [0.25, 0.3) is 0 Å². The smallest absolute Gasteiger partial charge is 0.235 e. The zero-order valence-corrected chi connectivity index (χ0v) is 11.7. The molecule has 0 radical (unpaired) electrons. The molecule has 1 fully saturated rings. The van der Waals surface area contributed by atoms with E-state index in [1.165, 1.54) is 6.07 Å². The third-order valence-corrected chi connectivity index (χ3v) is 3.70. The Labute approximate surface area is 118 Å². The predicted molar refractivity (Wildman–Crippen MR) is 77.1 cm³/mol. The zero-order chi connectivity index (χ0) is 14.5. The first kappa shape index (κ1) is 14.7. The molecule has 1 aromatic rings. The van der Waals surface area contributed by atoms with Gasteiger partial charge in [-0.15, -0.1) is 0 Å². The van der Waals surface area contributed by atoms with Crippen LogP contribution in [0.2, 0.25) is 0 Å². The van der Waals surface area contributed by atoms with E-state index in [-0.39, 0.29) is 17.8 Å². The fraction of sp³-hybridized carbons (Fsp3) is 0.500. The van der Waals surface area contributed by atoms with Crippen molar-refractivity contribution in [2.24, 2.45) is 5.73 Å². The fourth-order valence-electron chi connectivity index (χ4n) is 2.46. The highest BCUT2D eigenvalue weighted by atomic mass is 19.1. The lowest BCUT2D eigenvalue weighted by Crippen LogP contribution is -2.53. The van der Waals surface area contributed by atoms with Gasteiger partial charge in [-0.2, -0.15) is 0 Å². The molecular weight excluding hydrogens is 259 g/mol. The van der Waals surface area contributed by atoms with Gasteiger partial charge in [0.15, 0.2) is 0 Å². The maximum absolute atomic E-state index is 13.7. The van der Waals surface area contributed by atoms with E-state index < -0.39 is 0 Å². The van der Waals surface area contributed by atoms with Gasteiger partial charge < -0.3 is 16.0 Å². The van der Waals surface area contributed by atoms with E-state index >= 15 is 0 Å². The predicted octanol–water partition coefficient (Wildman–Crippen LogP) is 0.0210. The summed E-state index contributed by atoms with van der Waals surface area (Å²) >= 11 is 0. The quantitative estimate of drug-likeness (QED) is 0.798. The molecule has 0 saturated carbocycles. The highest BCUT2D eigenvalue weighted by molar-refractivity contribution is 5.80. The van der Waals surface area contributed by atoms with Crippen LogP contribution in [0.4, 0.5) is 10.1 Å². The number of hydrogen-bond acceptors (Lipinski definition) is 4. The van der Waals surface area contributed by atoms with E-state index in [2.05, 4.69) is 10.2 Å². The van der Waals surface area contributed by atoms with Crippen LogP contribution >= 0.6 is 0 Å². The lowest BCUT2D eigenvalue weighted by Gasteiger charge is -2.37. The van der Waals surface area contributed by atoms with Crippen LogP contribution < -0.4 is 16.0 Å². The van der Waals surface area contributed by atoms with Gasteiger partial charge in [-0.05, 0) is 19.2 Å². The Bertz CT molecular complexity index is 460. The standard InChI is InChI=1S/C14H21FN4O/c1-17-12(14(16)20)10-18-6-8-19(9-7-18)13-5-3-2-4-11(13)15/h2-5,12,17H,6-10H2,1H3,(H2,16,20). The summed E-state index contributed by atoms with van der Waals surface area (Å²) in [5.41, 5.74) is 5.96. The number of hydrogen-bond donors (Lipinski definition) is 2. The van der Waals surface area contributed by atoms with Crippen LogP contribution in [0.15, 0.2) is 24.3 Å². The van der Waals surface area contributed by atoms with Crippen molar-refractivity contribution in [2.75, 3.05) is 44.7 Å².